The molecule has 0 aliphatic rings. The third kappa shape index (κ3) is 5.14. The third-order valence-corrected chi connectivity index (χ3v) is 3.74. The van der Waals surface area contributed by atoms with Crippen molar-refractivity contribution in [1.29, 1.82) is 0 Å². The zero-order valence-corrected chi connectivity index (χ0v) is 14.7. The molecule has 3 rings (SSSR count). The van der Waals surface area contributed by atoms with Crippen molar-refractivity contribution in [1.82, 2.24) is 15.7 Å². The van der Waals surface area contributed by atoms with Crippen LogP contribution >= 0.6 is 23.8 Å². The van der Waals surface area contributed by atoms with Gasteiger partial charge in [0, 0.05) is 29.5 Å². The van der Waals surface area contributed by atoms with E-state index < -0.39 is 0 Å². The van der Waals surface area contributed by atoms with Gasteiger partial charge in [0.05, 0.1) is 6.21 Å². The zero-order chi connectivity index (χ0) is 17.5. The van der Waals surface area contributed by atoms with Crippen LogP contribution in [-0.2, 0) is 6.54 Å². The number of halogens is 1. The molecule has 0 unspecified atom stereocenters. The molecule has 0 radical (unpaired) electrons. The number of pyridine rings is 1. The van der Waals surface area contributed by atoms with Gasteiger partial charge in [0.1, 0.15) is 11.5 Å². The number of hydrogen-bond donors (Lipinski definition) is 2. The van der Waals surface area contributed by atoms with E-state index in [1.807, 2.05) is 48.5 Å². The Kier molecular flexibility index (Phi) is 5.77. The largest absolute Gasteiger partial charge is 0.455 e. The molecule has 0 aliphatic carbocycles. The molecular weight excluding hydrogens is 356 g/mol. The van der Waals surface area contributed by atoms with Crippen LogP contribution in [0.1, 0.15) is 11.3 Å². The maximum atomic E-state index is 5.99. The fraction of sp³-hybridized carbons (Fsp3) is 0.0556. The second-order valence-electron chi connectivity index (χ2n) is 5.13. The monoisotopic (exact) mass is 370 g/mol. The summed E-state index contributed by atoms with van der Waals surface area (Å²) in [4.78, 5) is 4.04. The minimum absolute atomic E-state index is 0.418. The summed E-state index contributed by atoms with van der Waals surface area (Å²) in [5, 5.41) is 8.19. The van der Waals surface area contributed by atoms with Gasteiger partial charge in [0.25, 0.3) is 0 Å². The minimum atomic E-state index is 0.418. The predicted octanol–water partition coefficient (Wildman–Crippen LogP) is 3.99. The van der Waals surface area contributed by atoms with Gasteiger partial charge in [-0.25, -0.2) is 0 Å². The molecule has 0 saturated heterocycles. The number of hydrazone groups is 1. The Morgan fingerprint density at radius 1 is 1.24 bits per heavy atom. The van der Waals surface area contributed by atoms with Crippen LogP contribution < -0.4 is 10.7 Å². The van der Waals surface area contributed by atoms with Gasteiger partial charge in [-0.05, 0) is 48.1 Å². The first kappa shape index (κ1) is 17.1. The highest BCUT2D eigenvalue weighted by Gasteiger charge is 2.04. The second kappa shape index (κ2) is 8.41. The molecule has 5 nitrogen and oxygen atoms in total. The summed E-state index contributed by atoms with van der Waals surface area (Å²) >= 11 is 11.2. The second-order valence-corrected chi connectivity index (χ2v) is 5.97. The fourth-order valence-corrected chi connectivity index (χ4v) is 2.41. The lowest BCUT2D eigenvalue weighted by Gasteiger charge is -2.06. The van der Waals surface area contributed by atoms with Crippen LogP contribution in [0.2, 0.25) is 5.02 Å². The summed E-state index contributed by atoms with van der Waals surface area (Å²) in [6.45, 7) is 0.578. The number of furan rings is 1. The molecule has 1 aromatic carbocycles. The van der Waals surface area contributed by atoms with E-state index in [1.165, 1.54) is 0 Å². The molecule has 0 spiro atoms. The number of thiocarbonyl (C=S) groups is 1. The zero-order valence-electron chi connectivity index (χ0n) is 13.1. The maximum absolute atomic E-state index is 5.99. The van der Waals surface area contributed by atoms with Gasteiger partial charge in [-0.15, -0.1) is 0 Å². The summed E-state index contributed by atoms with van der Waals surface area (Å²) in [5.41, 5.74) is 4.69. The van der Waals surface area contributed by atoms with Gasteiger partial charge in [0.2, 0.25) is 0 Å². The summed E-state index contributed by atoms with van der Waals surface area (Å²) in [7, 11) is 0. The van der Waals surface area contributed by atoms with Crippen LogP contribution in [0.5, 0.6) is 0 Å². The fourth-order valence-electron chi connectivity index (χ4n) is 2.10. The Bertz CT molecular complexity index is 880. The summed E-state index contributed by atoms with van der Waals surface area (Å²) in [5.74, 6) is 1.33. The van der Waals surface area contributed by atoms with Crippen molar-refractivity contribution >= 4 is 35.1 Å². The van der Waals surface area contributed by atoms with E-state index in [1.54, 1.807) is 18.6 Å². The lowest BCUT2D eigenvalue weighted by atomic mass is 10.2. The first-order chi connectivity index (χ1) is 12.2. The first-order valence-corrected chi connectivity index (χ1v) is 8.31. The maximum Gasteiger partial charge on any atom is 0.187 e. The number of rotatable bonds is 5. The van der Waals surface area contributed by atoms with E-state index in [2.05, 4.69) is 20.8 Å². The molecule has 2 N–H and O–H groups in total. The lowest BCUT2D eigenvalue weighted by molar-refractivity contribution is 0.574. The Balaban J connectivity index is 1.51. The number of nitrogens with zero attached hydrogens (tertiary/aromatic N) is 2. The van der Waals surface area contributed by atoms with E-state index in [0.717, 1.165) is 16.9 Å². The molecule has 0 bridgehead atoms. The van der Waals surface area contributed by atoms with Gasteiger partial charge in [-0.2, -0.15) is 5.10 Å². The summed E-state index contributed by atoms with van der Waals surface area (Å²) in [6.07, 6.45) is 5.07. The molecule has 7 heteroatoms. The number of aromatic nitrogens is 1. The average molecular weight is 371 g/mol. The summed E-state index contributed by atoms with van der Waals surface area (Å²) < 4.78 is 5.72. The van der Waals surface area contributed by atoms with Crippen molar-refractivity contribution in [2.45, 2.75) is 6.54 Å². The van der Waals surface area contributed by atoms with Crippen molar-refractivity contribution in [3.8, 4) is 11.3 Å². The topological polar surface area (TPSA) is 62.5 Å². The number of hydrogen-bond acceptors (Lipinski definition) is 4. The van der Waals surface area contributed by atoms with E-state index in [0.29, 0.717) is 22.4 Å². The van der Waals surface area contributed by atoms with Crippen molar-refractivity contribution in [2.24, 2.45) is 5.10 Å². The normalized spacial score (nSPS) is 10.8. The van der Waals surface area contributed by atoms with Gasteiger partial charge in [-0.3, -0.25) is 10.4 Å². The molecule has 2 aromatic heterocycles. The van der Waals surface area contributed by atoms with Crippen molar-refractivity contribution in [2.75, 3.05) is 0 Å². The SMILES string of the molecule is S=C(NCc1cccnc1)NN=Cc1ccc(-c2cccc(Cl)c2)o1. The van der Waals surface area contributed by atoms with E-state index >= 15 is 0 Å². The highest BCUT2D eigenvalue weighted by atomic mass is 35.5. The smallest absolute Gasteiger partial charge is 0.187 e. The third-order valence-electron chi connectivity index (χ3n) is 3.27. The van der Waals surface area contributed by atoms with E-state index in [-0.39, 0.29) is 0 Å². The van der Waals surface area contributed by atoms with Crippen LogP contribution in [0.3, 0.4) is 0 Å². The van der Waals surface area contributed by atoms with Crippen molar-refractivity contribution in [3.05, 3.63) is 77.3 Å². The van der Waals surface area contributed by atoms with Crippen LogP contribution in [0.4, 0.5) is 0 Å². The molecule has 3 aromatic rings. The van der Waals surface area contributed by atoms with Gasteiger partial charge in [-0.1, -0.05) is 29.8 Å². The van der Waals surface area contributed by atoms with Crippen LogP contribution in [0, 0.1) is 0 Å². The molecular formula is C18H15ClN4OS. The first-order valence-electron chi connectivity index (χ1n) is 7.52. The lowest BCUT2D eigenvalue weighted by Crippen LogP contribution is -2.31. The van der Waals surface area contributed by atoms with Crippen molar-refractivity contribution in [3.63, 3.8) is 0 Å². The quantitative estimate of drug-likeness (QED) is 0.404. The molecule has 0 fully saturated rings. The average Bonchev–Trinajstić information content (AvgIpc) is 3.10. The Labute approximate surface area is 155 Å². The molecule has 2 heterocycles. The molecule has 126 valence electrons. The highest BCUT2D eigenvalue weighted by Crippen LogP contribution is 2.24. The number of nitrogens with one attached hydrogen (secondary N) is 2. The standard InChI is InChI=1S/C18H15ClN4OS/c19-15-5-1-4-14(9-15)17-7-6-16(24-17)12-22-23-18(25)21-11-13-3-2-8-20-10-13/h1-10,12H,11H2,(H2,21,23,25). The van der Waals surface area contributed by atoms with Gasteiger partial charge >= 0.3 is 0 Å². The Morgan fingerprint density at radius 3 is 2.96 bits per heavy atom. The molecule has 0 aliphatic heterocycles. The van der Waals surface area contributed by atoms with Crippen molar-refractivity contribution < 1.29 is 4.42 Å². The number of benzene rings is 1. The Hall–Kier alpha value is -2.70. The van der Waals surface area contributed by atoms with Crippen LogP contribution in [-0.4, -0.2) is 16.3 Å². The molecule has 0 saturated carbocycles. The van der Waals surface area contributed by atoms with E-state index in [4.69, 9.17) is 28.2 Å². The van der Waals surface area contributed by atoms with Gasteiger partial charge < -0.3 is 9.73 Å². The highest BCUT2D eigenvalue weighted by molar-refractivity contribution is 7.80. The van der Waals surface area contributed by atoms with Gasteiger partial charge in [0.15, 0.2) is 5.11 Å². The summed E-state index contributed by atoms with van der Waals surface area (Å²) in [6, 6.07) is 15.0. The van der Waals surface area contributed by atoms with Crippen LogP contribution in [0.25, 0.3) is 11.3 Å². The van der Waals surface area contributed by atoms with Crippen LogP contribution in [0.15, 0.2) is 70.4 Å². The molecule has 25 heavy (non-hydrogen) atoms. The minimum Gasteiger partial charge on any atom is -0.455 e. The predicted molar refractivity (Wildman–Crippen MR) is 104 cm³/mol. The molecule has 0 atom stereocenters. The molecule has 0 amide bonds. The Morgan fingerprint density at radius 2 is 2.16 bits per heavy atom. The van der Waals surface area contributed by atoms with E-state index in [9.17, 15) is 0 Å².